The first-order chi connectivity index (χ1) is 14.1. The summed E-state index contributed by atoms with van der Waals surface area (Å²) < 4.78 is 7.54. The van der Waals surface area contributed by atoms with Gasteiger partial charge in [-0.05, 0) is 42.7 Å². The normalized spacial score (nSPS) is 13.5. The van der Waals surface area contributed by atoms with E-state index in [0.29, 0.717) is 37.7 Å². The van der Waals surface area contributed by atoms with Crippen LogP contribution in [0.1, 0.15) is 35.0 Å². The summed E-state index contributed by atoms with van der Waals surface area (Å²) in [5, 5.41) is 14.8. The maximum absolute atomic E-state index is 13.1. The number of aryl methyl sites for hydroxylation is 2. The van der Waals surface area contributed by atoms with Gasteiger partial charge in [-0.3, -0.25) is 9.48 Å². The summed E-state index contributed by atoms with van der Waals surface area (Å²) in [5.41, 5.74) is 4.46. The molecule has 0 unspecified atom stereocenters. The molecule has 1 amide bonds. The number of rotatable bonds is 4. The summed E-state index contributed by atoms with van der Waals surface area (Å²) in [5.74, 6) is 0.481. The minimum atomic E-state index is -0.0763. The maximum Gasteiger partial charge on any atom is 0.272 e. The molecule has 0 atom stereocenters. The van der Waals surface area contributed by atoms with E-state index in [2.05, 4.69) is 12.0 Å². The molecule has 0 spiro atoms. The molecule has 1 aromatic heterocycles. The Morgan fingerprint density at radius 3 is 2.72 bits per heavy atom. The number of hydrogen-bond donors (Lipinski definition) is 1. The average Bonchev–Trinajstić information content (AvgIpc) is 3.05. The Kier molecular flexibility index (Phi) is 5.25. The third kappa shape index (κ3) is 3.83. The number of nitrogens with zero attached hydrogens (tertiary/aromatic N) is 3. The van der Waals surface area contributed by atoms with Crippen LogP contribution in [0, 0.1) is 6.92 Å². The zero-order chi connectivity index (χ0) is 20.4. The Hall–Kier alpha value is -3.28. The fraction of sp³-hybridized carbons (Fsp3) is 0.304. The van der Waals surface area contributed by atoms with Crippen molar-refractivity contribution in [3.05, 3.63) is 65.5 Å². The molecule has 6 nitrogen and oxygen atoms in total. The number of ether oxygens (including phenoxy) is 1. The lowest BCUT2D eigenvalue weighted by atomic mass is 10.0. The van der Waals surface area contributed by atoms with Crippen molar-refractivity contribution in [1.82, 2.24) is 14.7 Å². The molecule has 0 fully saturated rings. The Labute approximate surface area is 170 Å². The number of hydrogen-bond acceptors (Lipinski definition) is 4. The molecule has 0 radical (unpaired) electrons. The molecule has 3 aromatic rings. The quantitative estimate of drug-likeness (QED) is 0.730. The highest BCUT2D eigenvalue weighted by Crippen LogP contribution is 2.37. The minimum absolute atomic E-state index is 0.0763. The van der Waals surface area contributed by atoms with Crippen LogP contribution in [0.5, 0.6) is 11.5 Å². The first-order valence-corrected chi connectivity index (χ1v) is 9.93. The predicted molar refractivity (Wildman–Crippen MR) is 111 cm³/mol. The molecule has 6 heteroatoms. The zero-order valence-electron chi connectivity index (χ0n) is 16.8. The molecule has 0 bridgehead atoms. The summed E-state index contributed by atoms with van der Waals surface area (Å²) in [4.78, 5) is 14.9. The van der Waals surface area contributed by atoms with Crippen molar-refractivity contribution >= 4 is 5.91 Å². The topological polar surface area (TPSA) is 67.6 Å². The molecule has 2 aromatic carbocycles. The molecule has 150 valence electrons. The second-order valence-corrected chi connectivity index (χ2v) is 7.36. The molecule has 0 saturated carbocycles. The van der Waals surface area contributed by atoms with E-state index in [1.165, 1.54) is 5.56 Å². The van der Waals surface area contributed by atoms with Crippen LogP contribution < -0.4 is 4.74 Å². The van der Waals surface area contributed by atoms with Crippen LogP contribution in [-0.4, -0.2) is 38.8 Å². The van der Waals surface area contributed by atoms with Crippen molar-refractivity contribution in [3.8, 4) is 22.6 Å². The summed E-state index contributed by atoms with van der Waals surface area (Å²) in [6, 6.07) is 13.6. The van der Waals surface area contributed by atoms with Gasteiger partial charge in [-0.15, -0.1) is 0 Å². The second-order valence-electron chi connectivity index (χ2n) is 7.36. The second kappa shape index (κ2) is 7.99. The van der Waals surface area contributed by atoms with E-state index >= 15 is 0 Å². The number of aromatic hydroxyl groups is 1. The summed E-state index contributed by atoms with van der Waals surface area (Å²) in [6.07, 6.45) is 2.56. The lowest BCUT2D eigenvalue weighted by Crippen LogP contribution is -2.34. The first kappa shape index (κ1) is 19.1. The van der Waals surface area contributed by atoms with Gasteiger partial charge in [0, 0.05) is 24.8 Å². The third-order valence-corrected chi connectivity index (χ3v) is 5.16. The molecule has 1 aliphatic heterocycles. The first-order valence-electron chi connectivity index (χ1n) is 9.93. The number of fused-ring (bicyclic) bond motifs is 1. The lowest BCUT2D eigenvalue weighted by molar-refractivity contribution is 0.0720. The van der Waals surface area contributed by atoms with Crippen molar-refractivity contribution in [2.24, 2.45) is 0 Å². The molecule has 0 aliphatic carbocycles. The van der Waals surface area contributed by atoms with Gasteiger partial charge in [-0.1, -0.05) is 36.8 Å². The van der Waals surface area contributed by atoms with Gasteiger partial charge in [-0.2, -0.15) is 5.10 Å². The van der Waals surface area contributed by atoms with Crippen LogP contribution >= 0.6 is 0 Å². The number of phenols is 1. The Morgan fingerprint density at radius 2 is 1.97 bits per heavy atom. The molecule has 29 heavy (non-hydrogen) atoms. The summed E-state index contributed by atoms with van der Waals surface area (Å²) in [7, 11) is 0. The molecule has 1 N–H and O–H groups in total. The highest BCUT2D eigenvalue weighted by atomic mass is 16.5. The van der Waals surface area contributed by atoms with E-state index in [1.54, 1.807) is 27.9 Å². The molecular weight excluding hydrogens is 366 g/mol. The molecular formula is C23H25N3O3. The number of aromatic nitrogens is 2. The van der Waals surface area contributed by atoms with Crippen LogP contribution in [0.2, 0.25) is 0 Å². The van der Waals surface area contributed by atoms with Gasteiger partial charge in [-0.25, -0.2) is 0 Å². The van der Waals surface area contributed by atoms with Crippen LogP contribution in [0.25, 0.3) is 11.1 Å². The van der Waals surface area contributed by atoms with Crippen molar-refractivity contribution in [2.75, 3.05) is 13.2 Å². The standard InChI is InChI=1S/C23H25N3O3/c1-3-10-26-20(8-9-24-26)23(28)25-11-12-29-22-19(15-25)13-18(14-21(22)27)17-6-4-16(2)5-7-17/h4-9,13-14,27H,3,10-12,15H2,1-2H3. The van der Waals surface area contributed by atoms with Crippen LogP contribution in [0.3, 0.4) is 0 Å². The average molecular weight is 391 g/mol. The lowest BCUT2D eigenvalue weighted by Gasteiger charge is -2.20. The van der Waals surface area contributed by atoms with E-state index in [4.69, 9.17) is 4.74 Å². The van der Waals surface area contributed by atoms with Gasteiger partial charge >= 0.3 is 0 Å². The van der Waals surface area contributed by atoms with E-state index in [9.17, 15) is 9.90 Å². The predicted octanol–water partition coefficient (Wildman–Crippen LogP) is 4.01. The fourth-order valence-electron chi connectivity index (χ4n) is 3.65. The van der Waals surface area contributed by atoms with Crippen molar-refractivity contribution in [3.63, 3.8) is 0 Å². The zero-order valence-corrected chi connectivity index (χ0v) is 16.8. The van der Waals surface area contributed by atoms with E-state index in [1.807, 2.05) is 37.3 Å². The number of phenolic OH excluding ortho intramolecular Hbond substituents is 1. The van der Waals surface area contributed by atoms with Gasteiger partial charge in [0.05, 0.1) is 6.54 Å². The van der Waals surface area contributed by atoms with Crippen LogP contribution in [-0.2, 0) is 13.1 Å². The monoisotopic (exact) mass is 391 g/mol. The van der Waals surface area contributed by atoms with Crippen LogP contribution in [0.15, 0.2) is 48.7 Å². The van der Waals surface area contributed by atoms with Gasteiger partial charge < -0.3 is 14.7 Å². The fourth-order valence-corrected chi connectivity index (χ4v) is 3.65. The largest absolute Gasteiger partial charge is 0.504 e. The van der Waals surface area contributed by atoms with E-state index in [-0.39, 0.29) is 11.7 Å². The van der Waals surface area contributed by atoms with Crippen molar-refractivity contribution in [2.45, 2.75) is 33.4 Å². The van der Waals surface area contributed by atoms with Crippen LogP contribution in [0.4, 0.5) is 0 Å². The summed E-state index contributed by atoms with van der Waals surface area (Å²) >= 11 is 0. The molecule has 2 heterocycles. The highest BCUT2D eigenvalue weighted by Gasteiger charge is 2.25. The van der Waals surface area contributed by atoms with Crippen molar-refractivity contribution < 1.29 is 14.6 Å². The Balaban J connectivity index is 1.66. The highest BCUT2D eigenvalue weighted by molar-refractivity contribution is 5.92. The van der Waals surface area contributed by atoms with Gasteiger partial charge in [0.15, 0.2) is 11.5 Å². The smallest absolute Gasteiger partial charge is 0.272 e. The molecule has 4 rings (SSSR count). The molecule has 1 aliphatic rings. The number of carbonyl (C=O) groups excluding carboxylic acids is 1. The van der Waals surface area contributed by atoms with E-state index in [0.717, 1.165) is 23.1 Å². The number of amides is 1. The third-order valence-electron chi connectivity index (χ3n) is 5.16. The Morgan fingerprint density at radius 1 is 1.17 bits per heavy atom. The Bertz CT molecular complexity index is 1020. The SMILES string of the molecule is CCCn1nccc1C(=O)N1CCOc2c(O)cc(-c3ccc(C)cc3)cc2C1. The number of carbonyl (C=O) groups is 1. The maximum atomic E-state index is 13.1. The van der Waals surface area contributed by atoms with Gasteiger partial charge in [0.1, 0.15) is 12.3 Å². The van der Waals surface area contributed by atoms with E-state index < -0.39 is 0 Å². The summed E-state index contributed by atoms with van der Waals surface area (Å²) in [6.45, 7) is 5.95. The molecule has 0 saturated heterocycles. The minimum Gasteiger partial charge on any atom is -0.504 e. The van der Waals surface area contributed by atoms with Gasteiger partial charge in [0.25, 0.3) is 5.91 Å². The van der Waals surface area contributed by atoms with Crippen molar-refractivity contribution in [1.29, 1.82) is 0 Å². The van der Waals surface area contributed by atoms with Gasteiger partial charge in [0.2, 0.25) is 0 Å². The number of benzene rings is 2.